The molecule has 27 heavy (non-hydrogen) atoms. The number of anilines is 1. The molecule has 138 valence electrons. The van der Waals surface area contributed by atoms with E-state index < -0.39 is 5.91 Å². The average molecular weight is 429 g/mol. The Morgan fingerprint density at radius 2 is 1.96 bits per heavy atom. The monoisotopic (exact) mass is 428 g/mol. The first-order valence-corrected chi connectivity index (χ1v) is 8.87. The van der Waals surface area contributed by atoms with E-state index in [0.717, 1.165) is 15.9 Å². The molecule has 0 radical (unpaired) electrons. The number of halogens is 1. The highest BCUT2D eigenvalue weighted by atomic mass is 79.9. The lowest BCUT2D eigenvalue weighted by molar-refractivity contribution is -0.118. The molecule has 0 spiro atoms. The molecule has 1 heterocycles. The van der Waals surface area contributed by atoms with Gasteiger partial charge in [0, 0.05) is 16.1 Å². The van der Waals surface area contributed by atoms with Crippen molar-refractivity contribution in [3.05, 3.63) is 70.3 Å². The van der Waals surface area contributed by atoms with Crippen LogP contribution in [0.25, 0.3) is 5.69 Å². The molecule has 3 aromatic rings. The zero-order valence-electron chi connectivity index (χ0n) is 14.5. The lowest BCUT2D eigenvalue weighted by Gasteiger charge is -2.10. The molecule has 0 bridgehead atoms. The number of amides is 2. The van der Waals surface area contributed by atoms with Gasteiger partial charge in [-0.1, -0.05) is 28.1 Å². The van der Waals surface area contributed by atoms with E-state index in [9.17, 15) is 9.59 Å². The van der Waals surface area contributed by atoms with Gasteiger partial charge in [-0.2, -0.15) is 5.10 Å². The van der Waals surface area contributed by atoms with Gasteiger partial charge in [0.2, 0.25) is 5.91 Å². The Kier molecular flexibility index (Phi) is 5.56. The van der Waals surface area contributed by atoms with Crippen molar-refractivity contribution in [3.8, 4) is 11.4 Å². The molecule has 2 aromatic carbocycles. The van der Waals surface area contributed by atoms with Crippen LogP contribution >= 0.6 is 15.9 Å². The third kappa shape index (κ3) is 4.73. The molecule has 0 aliphatic carbocycles. The summed E-state index contributed by atoms with van der Waals surface area (Å²) in [4.78, 5) is 23.5. The smallest absolute Gasteiger partial charge is 0.263 e. The highest BCUT2D eigenvalue weighted by Crippen LogP contribution is 2.20. The Bertz CT molecular complexity index is 1000. The number of aromatic nitrogens is 2. The minimum atomic E-state index is -0.557. The maximum Gasteiger partial charge on any atom is 0.263 e. The summed E-state index contributed by atoms with van der Waals surface area (Å²) in [5.74, 6) is 0.0112. The summed E-state index contributed by atoms with van der Waals surface area (Å²) in [6.07, 6.45) is 0. The molecular formula is C19H17BrN4O3. The van der Waals surface area contributed by atoms with E-state index in [2.05, 4.69) is 26.3 Å². The number of primary amides is 1. The summed E-state index contributed by atoms with van der Waals surface area (Å²) < 4.78 is 8.00. The summed E-state index contributed by atoms with van der Waals surface area (Å²) in [5.41, 5.74) is 7.13. The first-order chi connectivity index (χ1) is 12.9. The lowest BCUT2D eigenvalue weighted by atomic mass is 10.2. The highest BCUT2D eigenvalue weighted by Gasteiger charge is 2.12. The third-order valence-electron chi connectivity index (χ3n) is 3.64. The van der Waals surface area contributed by atoms with Gasteiger partial charge in [0.25, 0.3) is 5.91 Å². The predicted molar refractivity (Wildman–Crippen MR) is 105 cm³/mol. The lowest BCUT2D eigenvalue weighted by Crippen LogP contribution is -2.22. The minimum Gasteiger partial charge on any atom is -0.484 e. The Morgan fingerprint density at radius 3 is 2.70 bits per heavy atom. The fraction of sp³-hybridized carbons (Fsp3) is 0.105. The fourth-order valence-electron chi connectivity index (χ4n) is 2.46. The van der Waals surface area contributed by atoms with Crippen molar-refractivity contribution >= 4 is 33.6 Å². The van der Waals surface area contributed by atoms with Gasteiger partial charge in [-0.25, -0.2) is 4.68 Å². The molecule has 7 nitrogen and oxygen atoms in total. The zero-order chi connectivity index (χ0) is 19.4. The van der Waals surface area contributed by atoms with Gasteiger partial charge in [-0.15, -0.1) is 0 Å². The van der Waals surface area contributed by atoms with Crippen molar-refractivity contribution in [2.75, 3.05) is 11.9 Å². The number of carbonyl (C=O) groups excluding carboxylic acids is 2. The number of nitrogens with two attached hydrogens (primary N) is 1. The molecule has 1 aromatic heterocycles. The van der Waals surface area contributed by atoms with Gasteiger partial charge in [-0.05, 0) is 43.3 Å². The van der Waals surface area contributed by atoms with Crippen molar-refractivity contribution in [3.63, 3.8) is 0 Å². The van der Waals surface area contributed by atoms with Crippen LogP contribution in [0.5, 0.6) is 5.75 Å². The molecule has 0 unspecified atom stereocenters. The van der Waals surface area contributed by atoms with Crippen LogP contribution < -0.4 is 15.8 Å². The molecule has 0 saturated carbocycles. The van der Waals surface area contributed by atoms with Gasteiger partial charge < -0.3 is 15.8 Å². The van der Waals surface area contributed by atoms with E-state index in [1.165, 1.54) is 6.07 Å². The largest absolute Gasteiger partial charge is 0.484 e. The number of aryl methyl sites for hydroxylation is 1. The summed E-state index contributed by atoms with van der Waals surface area (Å²) in [5, 5.41) is 7.20. The van der Waals surface area contributed by atoms with Crippen molar-refractivity contribution in [1.29, 1.82) is 0 Å². The van der Waals surface area contributed by atoms with E-state index >= 15 is 0 Å². The zero-order valence-corrected chi connectivity index (χ0v) is 16.1. The van der Waals surface area contributed by atoms with Gasteiger partial charge in [-0.3, -0.25) is 9.59 Å². The van der Waals surface area contributed by atoms with Crippen LogP contribution in [0.2, 0.25) is 0 Å². The number of nitrogens with zero attached hydrogens (tertiary/aromatic N) is 2. The van der Waals surface area contributed by atoms with Crippen LogP contribution in [0.3, 0.4) is 0 Å². The normalized spacial score (nSPS) is 10.4. The molecule has 0 saturated heterocycles. The fourth-order valence-corrected chi connectivity index (χ4v) is 2.85. The Balaban J connectivity index is 1.70. The second kappa shape index (κ2) is 8.05. The third-order valence-corrected chi connectivity index (χ3v) is 4.13. The number of benzene rings is 2. The number of rotatable bonds is 6. The molecule has 3 rings (SSSR count). The van der Waals surface area contributed by atoms with E-state index in [1.54, 1.807) is 28.9 Å². The van der Waals surface area contributed by atoms with E-state index in [-0.39, 0.29) is 12.5 Å². The van der Waals surface area contributed by atoms with Crippen molar-refractivity contribution in [2.45, 2.75) is 6.92 Å². The number of hydrogen-bond donors (Lipinski definition) is 2. The molecule has 0 fully saturated rings. The molecule has 8 heteroatoms. The Morgan fingerprint density at radius 1 is 1.19 bits per heavy atom. The van der Waals surface area contributed by atoms with E-state index in [0.29, 0.717) is 17.1 Å². The first-order valence-electron chi connectivity index (χ1n) is 8.07. The molecule has 0 aliphatic heterocycles. The SMILES string of the molecule is Cc1cc(NC(=O)COc2cccc(C(N)=O)c2)n(-c2cccc(Br)c2)n1. The van der Waals surface area contributed by atoms with E-state index in [4.69, 9.17) is 10.5 Å². The van der Waals surface area contributed by atoms with Crippen LogP contribution in [0.15, 0.2) is 59.1 Å². The van der Waals surface area contributed by atoms with Crippen molar-refractivity contribution in [2.24, 2.45) is 5.73 Å². The number of hydrogen-bond acceptors (Lipinski definition) is 4. The predicted octanol–water partition coefficient (Wildman–Crippen LogP) is 3.06. The van der Waals surface area contributed by atoms with E-state index in [1.807, 2.05) is 31.2 Å². The molecule has 3 N–H and O–H groups in total. The summed E-state index contributed by atoms with van der Waals surface area (Å²) in [6.45, 7) is 1.63. The molecule has 0 atom stereocenters. The van der Waals surface area contributed by atoms with Gasteiger partial charge in [0.15, 0.2) is 6.61 Å². The van der Waals surface area contributed by atoms with Gasteiger partial charge >= 0.3 is 0 Å². The van der Waals surface area contributed by atoms with Crippen LogP contribution in [-0.4, -0.2) is 28.2 Å². The second-order valence-electron chi connectivity index (χ2n) is 5.79. The number of carbonyl (C=O) groups is 2. The van der Waals surface area contributed by atoms with Crippen LogP contribution in [0, 0.1) is 6.92 Å². The second-order valence-corrected chi connectivity index (χ2v) is 6.71. The molecule has 0 aliphatic rings. The quantitative estimate of drug-likeness (QED) is 0.629. The van der Waals surface area contributed by atoms with Gasteiger partial charge in [0.1, 0.15) is 11.6 Å². The summed E-state index contributed by atoms with van der Waals surface area (Å²) in [6, 6.07) is 15.7. The Labute approximate surface area is 164 Å². The number of nitrogens with one attached hydrogen (secondary N) is 1. The van der Waals surface area contributed by atoms with Crippen molar-refractivity contribution < 1.29 is 14.3 Å². The average Bonchev–Trinajstić information content (AvgIpc) is 3.00. The maximum absolute atomic E-state index is 12.3. The summed E-state index contributed by atoms with van der Waals surface area (Å²) in [7, 11) is 0. The summed E-state index contributed by atoms with van der Waals surface area (Å²) >= 11 is 3.43. The standard InChI is InChI=1S/C19H17BrN4O3/c1-12-8-17(24(23-12)15-6-3-5-14(20)10-15)22-18(25)11-27-16-7-2-4-13(9-16)19(21)26/h2-10H,11H2,1H3,(H2,21,26)(H,22,25). The van der Waals surface area contributed by atoms with Gasteiger partial charge in [0.05, 0.1) is 11.4 Å². The highest BCUT2D eigenvalue weighted by molar-refractivity contribution is 9.10. The van der Waals surface area contributed by atoms with Crippen LogP contribution in [0.4, 0.5) is 5.82 Å². The van der Waals surface area contributed by atoms with Crippen LogP contribution in [0.1, 0.15) is 16.1 Å². The van der Waals surface area contributed by atoms with Crippen LogP contribution in [-0.2, 0) is 4.79 Å². The minimum absolute atomic E-state index is 0.217. The maximum atomic E-state index is 12.3. The molecule has 2 amide bonds. The number of ether oxygens (including phenoxy) is 1. The first kappa shape index (κ1) is 18.7. The molecular weight excluding hydrogens is 412 g/mol. The Hall–Kier alpha value is -3.13. The van der Waals surface area contributed by atoms with Crippen molar-refractivity contribution in [1.82, 2.24) is 9.78 Å². The topological polar surface area (TPSA) is 99.2 Å².